The Labute approximate surface area is 99.4 Å². The maximum absolute atomic E-state index is 12.1. The number of piperidine rings is 1. The highest BCUT2D eigenvalue weighted by atomic mass is 19.4. The third kappa shape index (κ3) is 5.39. The first-order chi connectivity index (χ1) is 7.92. The molecule has 0 saturated carbocycles. The summed E-state index contributed by atoms with van der Waals surface area (Å²) in [4.78, 5) is 12.7. The molecule has 17 heavy (non-hydrogen) atoms. The van der Waals surface area contributed by atoms with Crippen LogP contribution in [0.15, 0.2) is 0 Å². The van der Waals surface area contributed by atoms with Gasteiger partial charge in [-0.15, -0.1) is 0 Å². The van der Waals surface area contributed by atoms with Gasteiger partial charge >= 0.3 is 6.18 Å². The van der Waals surface area contributed by atoms with Gasteiger partial charge in [-0.25, -0.2) is 0 Å². The molecular weight excluding hydrogens is 233 g/mol. The van der Waals surface area contributed by atoms with E-state index in [1.165, 1.54) is 4.90 Å². The summed E-state index contributed by atoms with van der Waals surface area (Å²) < 4.78 is 36.3. The molecule has 1 saturated heterocycles. The van der Waals surface area contributed by atoms with Gasteiger partial charge in [0.2, 0.25) is 5.91 Å². The first kappa shape index (κ1) is 14.3. The lowest BCUT2D eigenvalue weighted by molar-refractivity contribution is -0.162. The van der Waals surface area contributed by atoms with E-state index in [2.05, 4.69) is 5.32 Å². The summed E-state index contributed by atoms with van der Waals surface area (Å²) in [5, 5.41) is 3.24. The molecule has 6 heteroatoms. The highest BCUT2D eigenvalue weighted by molar-refractivity contribution is 5.77. The van der Waals surface area contributed by atoms with Crippen LogP contribution in [0, 0.1) is 0 Å². The minimum absolute atomic E-state index is 0.140. The van der Waals surface area contributed by atoms with E-state index in [0.29, 0.717) is 13.1 Å². The van der Waals surface area contributed by atoms with Crippen LogP contribution < -0.4 is 5.32 Å². The third-order valence-corrected chi connectivity index (χ3v) is 2.81. The maximum Gasteiger partial charge on any atom is 0.397 e. The van der Waals surface area contributed by atoms with Crippen molar-refractivity contribution in [3.8, 4) is 0 Å². The second-order valence-electron chi connectivity index (χ2n) is 4.42. The number of hydrogen-bond donors (Lipinski definition) is 1. The topological polar surface area (TPSA) is 32.3 Å². The average Bonchev–Trinajstić information content (AvgIpc) is 2.24. The van der Waals surface area contributed by atoms with E-state index in [-0.39, 0.29) is 6.04 Å². The molecule has 0 spiro atoms. The van der Waals surface area contributed by atoms with Gasteiger partial charge in [-0.2, -0.15) is 13.2 Å². The summed E-state index contributed by atoms with van der Waals surface area (Å²) in [6, 6.07) is 0.140. The van der Waals surface area contributed by atoms with Crippen LogP contribution in [-0.2, 0) is 4.79 Å². The van der Waals surface area contributed by atoms with Crippen molar-refractivity contribution in [3.63, 3.8) is 0 Å². The largest absolute Gasteiger partial charge is 0.397 e. The van der Waals surface area contributed by atoms with E-state index >= 15 is 0 Å². The number of alkyl halides is 3. The van der Waals surface area contributed by atoms with E-state index in [1.807, 2.05) is 6.92 Å². The van der Waals surface area contributed by atoms with Crippen molar-refractivity contribution in [2.45, 2.75) is 44.8 Å². The lowest BCUT2D eigenvalue weighted by atomic mass is 10.1. The van der Waals surface area contributed by atoms with Crippen molar-refractivity contribution in [1.29, 1.82) is 0 Å². The molecule has 0 bridgehead atoms. The fourth-order valence-electron chi connectivity index (χ4n) is 2.00. The first-order valence-electron chi connectivity index (χ1n) is 6.00. The lowest BCUT2D eigenvalue weighted by Gasteiger charge is -2.33. The molecule has 1 N–H and O–H groups in total. The third-order valence-electron chi connectivity index (χ3n) is 2.81. The van der Waals surface area contributed by atoms with E-state index < -0.39 is 18.5 Å². The van der Waals surface area contributed by atoms with Crippen molar-refractivity contribution in [3.05, 3.63) is 0 Å². The minimum Gasteiger partial charge on any atom is -0.341 e. The van der Waals surface area contributed by atoms with Crippen LogP contribution >= 0.6 is 0 Å². The van der Waals surface area contributed by atoms with Crippen LogP contribution in [0.2, 0.25) is 0 Å². The number of nitrogens with one attached hydrogen (secondary N) is 1. The Balaban J connectivity index is 2.40. The Morgan fingerprint density at radius 3 is 2.76 bits per heavy atom. The first-order valence-corrected chi connectivity index (χ1v) is 6.00. The fourth-order valence-corrected chi connectivity index (χ4v) is 2.00. The van der Waals surface area contributed by atoms with E-state index in [0.717, 1.165) is 25.8 Å². The van der Waals surface area contributed by atoms with Gasteiger partial charge in [0.15, 0.2) is 0 Å². The SMILES string of the molecule is CCCNC1CCCN(C(=O)CC(F)(F)F)C1. The average molecular weight is 252 g/mol. The Morgan fingerprint density at radius 1 is 1.47 bits per heavy atom. The van der Waals surface area contributed by atoms with Gasteiger partial charge in [0.05, 0.1) is 0 Å². The van der Waals surface area contributed by atoms with Gasteiger partial charge in [-0.3, -0.25) is 4.79 Å². The lowest BCUT2D eigenvalue weighted by Crippen LogP contribution is -2.48. The predicted octanol–water partition coefficient (Wildman–Crippen LogP) is 1.93. The molecule has 1 rings (SSSR count). The zero-order valence-corrected chi connectivity index (χ0v) is 10.0. The summed E-state index contributed by atoms with van der Waals surface area (Å²) in [5.41, 5.74) is 0. The second-order valence-corrected chi connectivity index (χ2v) is 4.42. The molecule has 0 aliphatic carbocycles. The van der Waals surface area contributed by atoms with Crippen LogP contribution in [0.25, 0.3) is 0 Å². The number of carbonyl (C=O) groups excluding carboxylic acids is 1. The molecule has 1 fully saturated rings. The normalized spacial score (nSPS) is 21.6. The molecule has 0 radical (unpaired) electrons. The number of nitrogens with zero attached hydrogens (tertiary/aromatic N) is 1. The van der Waals surface area contributed by atoms with Crippen LogP contribution in [0.5, 0.6) is 0 Å². The van der Waals surface area contributed by atoms with Crippen molar-refractivity contribution in [2.75, 3.05) is 19.6 Å². The molecule has 0 aromatic rings. The Kier molecular flexibility index (Phi) is 5.24. The molecule has 0 aromatic carbocycles. The Bertz CT molecular complexity index is 256. The van der Waals surface area contributed by atoms with Gasteiger partial charge in [0.25, 0.3) is 0 Å². The molecule has 1 unspecified atom stereocenters. The molecular formula is C11H19F3N2O. The molecule has 1 aliphatic rings. The van der Waals surface area contributed by atoms with Gasteiger partial charge in [-0.1, -0.05) is 6.92 Å². The van der Waals surface area contributed by atoms with Crippen LogP contribution in [-0.4, -0.2) is 42.7 Å². The molecule has 0 aromatic heterocycles. The van der Waals surface area contributed by atoms with Gasteiger partial charge in [-0.05, 0) is 25.8 Å². The number of hydrogen-bond acceptors (Lipinski definition) is 2. The summed E-state index contributed by atoms with van der Waals surface area (Å²) in [6.45, 7) is 3.71. The summed E-state index contributed by atoms with van der Waals surface area (Å²) in [7, 11) is 0. The maximum atomic E-state index is 12.1. The van der Waals surface area contributed by atoms with Crippen molar-refractivity contribution < 1.29 is 18.0 Å². The summed E-state index contributed by atoms with van der Waals surface area (Å²) in [5.74, 6) is -0.805. The van der Waals surface area contributed by atoms with E-state index in [4.69, 9.17) is 0 Å². The molecule has 1 atom stereocenters. The molecule has 3 nitrogen and oxygen atoms in total. The standard InChI is InChI=1S/C11H19F3N2O/c1-2-5-15-9-4-3-6-16(8-9)10(17)7-11(12,13)14/h9,15H,2-8H2,1H3. The molecule has 1 aliphatic heterocycles. The highest BCUT2D eigenvalue weighted by Gasteiger charge is 2.34. The number of likely N-dealkylation sites (tertiary alicyclic amines) is 1. The monoisotopic (exact) mass is 252 g/mol. The van der Waals surface area contributed by atoms with E-state index in [9.17, 15) is 18.0 Å². The minimum atomic E-state index is -4.40. The van der Waals surface area contributed by atoms with Crippen LogP contribution in [0.3, 0.4) is 0 Å². The second kappa shape index (κ2) is 6.23. The van der Waals surface area contributed by atoms with Crippen LogP contribution in [0.4, 0.5) is 13.2 Å². The number of halogens is 3. The highest BCUT2D eigenvalue weighted by Crippen LogP contribution is 2.22. The van der Waals surface area contributed by atoms with Gasteiger partial charge < -0.3 is 10.2 Å². The zero-order chi connectivity index (χ0) is 12.9. The van der Waals surface area contributed by atoms with Crippen molar-refractivity contribution >= 4 is 5.91 Å². The van der Waals surface area contributed by atoms with Crippen molar-refractivity contribution in [1.82, 2.24) is 10.2 Å². The summed E-state index contributed by atoms with van der Waals surface area (Å²) >= 11 is 0. The fraction of sp³-hybridized carbons (Fsp3) is 0.909. The van der Waals surface area contributed by atoms with Crippen LogP contribution in [0.1, 0.15) is 32.6 Å². The molecule has 100 valence electrons. The number of amides is 1. The molecule has 1 heterocycles. The Morgan fingerprint density at radius 2 is 2.18 bits per heavy atom. The van der Waals surface area contributed by atoms with Crippen molar-refractivity contribution in [2.24, 2.45) is 0 Å². The number of carbonyl (C=O) groups is 1. The quantitative estimate of drug-likeness (QED) is 0.829. The zero-order valence-electron chi connectivity index (χ0n) is 10.0. The Hall–Kier alpha value is -0.780. The number of rotatable bonds is 4. The van der Waals surface area contributed by atoms with Gasteiger partial charge in [0.1, 0.15) is 6.42 Å². The van der Waals surface area contributed by atoms with E-state index in [1.54, 1.807) is 0 Å². The molecule has 1 amide bonds. The smallest absolute Gasteiger partial charge is 0.341 e. The summed E-state index contributed by atoms with van der Waals surface area (Å²) in [6.07, 6.45) is -3.07. The van der Waals surface area contributed by atoms with Gasteiger partial charge in [0, 0.05) is 19.1 Å². The predicted molar refractivity (Wildman–Crippen MR) is 58.6 cm³/mol.